The molecular weight excluding hydrogens is 190 g/mol. The third kappa shape index (κ3) is 3.25. The van der Waals surface area contributed by atoms with Gasteiger partial charge in [0.05, 0.1) is 0 Å². The van der Waals surface area contributed by atoms with Gasteiger partial charge in [-0.15, -0.1) is 0 Å². The maximum Gasteiger partial charge on any atom is 0.159 e. The Kier molecular flexibility index (Phi) is 4.17. The second kappa shape index (κ2) is 5.19. The first-order valence-electron chi connectivity index (χ1n) is 5.26. The van der Waals surface area contributed by atoms with Crippen molar-refractivity contribution in [1.29, 1.82) is 0 Å². The quantitative estimate of drug-likeness (QED) is 0.792. The Morgan fingerprint density at radius 1 is 1.47 bits per heavy atom. The average Bonchev–Trinajstić information content (AvgIpc) is 2.19. The highest BCUT2D eigenvalue weighted by molar-refractivity contribution is 5.07. The summed E-state index contributed by atoms with van der Waals surface area (Å²) in [6.45, 7) is 7.16. The highest BCUT2D eigenvalue weighted by Crippen LogP contribution is 2.20. The molecule has 0 amide bonds. The topological polar surface area (TPSA) is 61.0 Å². The minimum absolute atomic E-state index is 0.431. The van der Waals surface area contributed by atoms with Crippen LogP contribution < -0.4 is 5.73 Å². The SMILES string of the molecule is CCOC(C)(C)c1nccc(CCN)n1. The molecule has 0 aromatic carbocycles. The molecule has 0 aliphatic heterocycles. The number of hydrogen-bond donors (Lipinski definition) is 1. The summed E-state index contributed by atoms with van der Waals surface area (Å²) in [5, 5.41) is 0. The van der Waals surface area contributed by atoms with E-state index in [9.17, 15) is 0 Å². The Hall–Kier alpha value is -1.00. The first-order valence-corrected chi connectivity index (χ1v) is 5.26. The summed E-state index contributed by atoms with van der Waals surface area (Å²) in [6.07, 6.45) is 2.53. The fourth-order valence-electron chi connectivity index (χ4n) is 1.40. The molecule has 0 aliphatic rings. The van der Waals surface area contributed by atoms with Crippen LogP contribution in [0, 0.1) is 0 Å². The first kappa shape index (κ1) is 12.1. The summed E-state index contributed by atoms with van der Waals surface area (Å²) in [6, 6.07) is 1.89. The molecule has 0 spiro atoms. The second-order valence-electron chi connectivity index (χ2n) is 3.85. The van der Waals surface area contributed by atoms with E-state index in [1.54, 1.807) is 6.20 Å². The lowest BCUT2D eigenvalue weighted by Crippen LogP contribution is -2.25. The lowest BCUT2D eigenvalue weighted by molar-refractivity contribution is -0.0209. The Morgan fingerprint density at radius 2 is 2.20 bits per heavy atom. The van der Waals surface area contributed by atoms with Crippen LogP contribution in [0.25, 0.3) is 0 Å². The van der Waals surface area contributed by atoms with E-state index < -0.39 is 5.60 Å². The molecule has 84 valence electrons. The number of nitrogens with zero attached hydrogens (tertiary/aromatic N) is 2. The summed E-state index contributed by atoms with van der Waals surface area (Å²) in [7, 11) is 0. The van der Waals surface area contributed by atoms with Gasteiger partial charge in [-0.05, 0) is 33.4 Å². The minimum atomic E-state index is -0.431. The molecule has 0 fully saturated rings. The summed E-state index contributed by atoms with van der Waals surface area (Å²) < 4.78 is 5.59. The molecule has 0 bridgehead atoms. The predicted molar refractivity (Wildman–Crippen MR) is 59.4 cm³/mol. The van der Waals surface area contributed by atoms with Crippen LogP contribution in [-0.2, 0) is 16.8 Å². The molecule has 4 heteroatoms. The van der Waals surface area contributed by atoms with Crippen LogP contribution >= 0.6 is 0 Å². The van der Waals surface area contributed by atoms with Gasteiger partial charge in [-0.1, -0.05) is 0 Å². The minimum Gasteiger partial charge on any atom is -0.368 e. The van der Waals surface area contributed by atoms with Crippen LogP contribution in [-0.4, -0.2) is 23.1 Å². The summed E-state index contributed by atoms with van der Waals surface area (Å²) in [5.41, 5.74) is 6.02. The average molecular weight is 209 g/mol. The van der Waals surface area contributed by atoms with E-state index in [1.807, 2.05) is 26.8 Å². The summed E-state index contributed by atoms with van der Waals surface area (Å²) in [4.78, 5) is 8.67. The third-order valence-corrected chi connectivity index (χ3v) is 2.16. The normalized spacial score (nSPS) is 11.7. The van der Waals surface area contributed by atoms with Crippen molar-refractivity contribution in [3.63, 3.8) is 0 Å². The zero-order valence-corrected chi connectivity index (χ0v) is 9.66. The number of hydrogen-bond acceptors (Lipinski definition) is 4. The summed E-state index contributed by atoms with van der Waals surface area (Å²) in [5.74, 6) is 0.718. The van der Waals surface area contributed by atoms with Crippen LogP contribution in [0.4, 0.5) is 0 Å². The number of aromatic nitrogens is 2. The van der Waals surface area contributed by atoms with Crippen molar-refractivity contribution in [2.24, 2.45) is 5.73 Å². The zero-order valence-electron chi connectivity index (χ0n) is 9.66. The zero-order chi connectivity index (χ0) is 11.3. The maximum atomic E-state index is 5.59. The van der Waals surface area contributed by atoms with E-state index in [0.29, 0.717) is 13.2 Å². The van der Waals surface area contributed by atoms with Crippen molar-refractivity contribution < 1.29 is 4.74 Å². The van der Waals surface area contributed by atoms with E-state index in [2.05, 4.69) is 9.97 Å². The molecule has 0 aliphatic carbocycles. The van der Waals surface area contributed by atoms with Gasteiger partial charge in [0.2, 0.25) is 0 Å². The van der Waals surface area contributed by atoms with E-state index in [-0.39, 0.29) is 0 Å². The van der Waals surface area contributed by atoms with Crippen LogP contribution in [0.2, 0.25) is 0 Å². The highest BCUT2D eigenvalue weighted by Gasteiger charge is 2.23. The fourth-order valence-corrected chi connectivity index (χ4v) is 1.40. The molecule has 1 rings (SSSR count). The third-order valence-electron chi connectivity index (χ3n) is 2.16. The number of rotatable bonds is 5. The standard InChI is InChI=1S/C11H19N3O/c1-4-15-11(2,3)10-13-8-6-9(14-10)5-7-12/h6,8H,4-5,7,12H2,1-3H3. The molecule has 4 nitrogen and oxygen atoms in total. The number of ether oxygens (including phenoxy) is 1. The molecule has 0 saturated carbocycles. The molecule has 0 atom stereocenters. The smallest absolute Gasteiger partial charge is 0.159 e. The number of nitrogens with two attached hydrogens (primary N) is 1. The van der Waals surface area contributed by atoms with Crippen molar-refractivity contribution in [2.45, 2.75) is 32.8 Å². The lowest BCUT2D eigenvalue weighted by Gasteiger charge is -2.23. The van der Waals surface area contributed by atoms with Crippen LogP contribution in [0.3, 0.4) is 0 Å². The second-order valence-corrected chi connectivity index (χ2v) is 3.85. The molecule has 2 N–H and O–H groups in total. The van der Waals surface area contributed by atoms with Crippen molar-refractivity contribution in [1.82, 2.24) is 9.97 Å². The van der Waals surface area contributed by atoms with E-state index in [1.165, 1.54) is 0 Å². The van der Waals surface area contributed by atoms with Gasteiger partial charge in [-0.25, -0.2) is 9.97 Å². The Morgan fingerprint density at radius 3 is 2.80 bits per heavy atom. The van der Waals surface area contributed by atoms with Crippen LogP contribution in [0.15, 0.2) is 12.3 Å². The Labute approximate surface area is 90.9 Å². The lowest BCUT2D eigenvalue weighted by atomic mass is 10.1. The van der Waals surface area contributed by atoms with Gasteiger partial charge in [0.15, 0.2) is 5.82 Å². The van der Waals surface area contributed by atoms with Crippen LogP contribution in [0.1, 0.15) is 32.3 Å². The van der Waals surface area contributed by atoms with E-state index in [4.69, 9.17) is 10.5 Å². The van der Waals surface area contributed by atoms with Crippen molar-refractivity contribution in [2.75, 3.05) is 13.2 Å². The molecule has 1 aromatic rings. The Bertz CT molecular complexity index is 312. The summed E-state index contributed by atoms with van der Waals surface area (Å²) >= 11 is 0. The maximum absolute atomic E-state index is 5.59. The van der Waals surface area contributed by atoms with Crippen molar-refractivity contribution in [3.05, 3.63) is 23.8 Å². The molecular formula is C11H19N3O. The monoisotopic (exact) mass is 209 g/mol. The Balaban J connectivity index is 2.88. The molecule has 1 heterocycles. The molecule has 1 aromatic heterocycles. The predicted octanol–water partition coefficient (Wildman–Crippen LogP) is 1.25. The highest BCUT2D eigenvalue weighted by atomic mass is 16.5. The molecule has 15 heavy (non-hydrogen) atoms. The van der Waals surface area contributed by atoms with Gasteiger partial charge in [-0.3, -0.25) is 0 Å². The first-order chi connectivity index (χ1) is 7.10. The van der Waals surface area contributed by atoms with Crippen molar-refractivity contribution >= 4 is 0 Å². The van der Waals surface area contributed by atoms with Gasteiger partial charge < -0.3 is 10.5 Å². The fraction of sp³-hybridized carbons (Fsp3) is 0.636. The molecule has 0 saturated heterocycles. The van der Waals surface area contributed by atoms with Gasteiger partial charge in [0, 0.05) is 24.9 Å². The van der Waals surface area contributed by atoms with Gasteiger partial charge in [-0.2, -0.15) is 0 Å². The molecule has 0 unspecified atom stereocenters. The van der Waals surface area contributed by atoms with Gasteiger partial charge in [0.1, 0.15) is 5.60 Å². The van der Waals surface area contributed by atoms with Gasteiger partial charge in [0.25, 0.3) is 0 Å². The van der Waals surface area contributed by atoms with Gasteiger partial charge >= 0.3 is 0 Å². The molecule has 0 radical (unpaired) electrons. The van der Waals surface area contributed by atoms with E-state index >= 15 is 0 Å². The largest absolute Gasteiger partial charge is 0.368 e. The van der Waals surface area contributed by atoms with Crippen molar-refractivity contribution in [3.8, 4) is 0 Å². The van der Waals surface area contributed by atoms with Crippen LogP contribution in [0.5, 0.6) is 0 Å². The van der Waals surface area contributed by atoms with E-state index in [0.717, 1.165) is 17.9 Å².